The SMILES string of the molecule is CC(C)CSCC(C)N. The van der Waals surface area contributed by atoms with Crippen molar-refractivity contribution in [2.24, 2.45) is 11.7 Å². The Morgan fingerprint density at radius 3 is 2.11 bits per heavy atom. The molecule has 1 nitrogen and oxygen atoms in total. The number of rotatable bonds is 4. The molecule has 0 bridgehead atoms. The van der Waals surface area contributed by atoms with Gasteiger partial charge in [-0.3, -0.25) is 0 Å². The molecule has 0 aliphatic rings. The van der Waals surface area contributed by atoms with Gasteiger partial charge in [-0.25, -0.2) is 0 Å². The van der Waals surface area contributed by atoms with E-state index in [1.165, 1.54) is 5.75 Å². The van der Waals surface area contributed by atoms with E-state index in [2.05, 4.69) is 13.8 Å². The zero-order valence-electron chi connectivity index (χ0n) is 6.55. The molecular formula is C7H17NS. The Morgan fingerprint density at radius 1 is 1.22 bits per heavy atom. The van der Waals surface area contributed by atoms with Crippen molar-refractivity contribution >= 4 is 11.8 Å². The summed E-state index contributed by atoms with van der Waals surface area (Å²) >= 11 is 1.94. The molecule has 0 aromatic heterocycles. The average molecular weight is 147 g/mol. The van der Waals surface area contributed by atoms with E-state index in [1.54, 1.807) is 0 Å². The van der Waals surface area contributed by atoms with Crippen molar-refractivity contribution in [3.05, 3.63) is 0 Å². The molecular weight excluding hydrogens is 130 g/mol. The molecule has 0 fully saturated rings. The summed E-state index contributed by atoms with van der Waals surface area (Å²) in [6, 6.07) is 0.355. The van der Waals surface area contributed by atoms with Gasteiger partial charge in [-0.1, -0.05) is 13.8 Å². The summed E-state index contributed by atoms with van der Waals surface area (Å²) in [5.41, 5.74) is 5.56. The predicted molar refractivity (Wildman–Crippen MR) is 45.8 cm³/mol. The largest absolute Gasteiger partial charge is 0.327 e. The van der Waals surface area contributed by atoms with Gasteiger partial charge >= 0.3 is 0 Å². The van der Waals surface area contributed by atoms with Crippen LogP contribution in [0.5, 0.6) is 0 Å². The molecule has 56 valence electrons. The van der Waals surface area contributed by atoms with Crippen molar-refractivity contribution in [2.75, 3.05) is 11.5 Å². The van der Waals surface area contributed by atoms with E-state index in [0.29, 0.717) is 6.04 Å². The Bertz CT molecular complexity index is 53.9. The molecule has 0 spiro atoms. The first-order chi connectivity index (χ1) is 4.13. The van der Waals surface area contributed by atoms with Gasteiger partial charge in [0, 0.05) is 11.8 Å². The summed E-state index contributed by atoms with van der Waals surface area (Å²) < 4.78 is 0. The molecule has 0 saturated carbocycles. The van der Waals surface area contributed by atoms with Gasteiger partial charge in [-0.15, -0.1) is 0 Å². The highest BCUT2D eigenvalue weighted by atomic mass is 32.2. The molecule has 0 rings (SSSR count). The number of hydrogen-bond donors (Lipinski definition) is 1. The Balaban J connectivity index is 2.91. The minimum absolute atomic E-state index is 0.355. The van der Waals surface area contributed by atoms with E-state index in [9.17, 15) is 0 Å². The Kier molecular flexibility index (Phi) is 5.30. The van der Waals surface area contributed by atoms with Gasteiger partial charge < -0.3 is 5.73 Å². The molecule has 1 atom stereocenters. The summed E-state index contributed by atoms with van der Waals surface area (Å²) in [5.74, 6) is 3.13. The van der Waals surface area contributed by atoms with Gasteiger partial charge in [0.1, 0.15) is 0 Å². The van der Waals surface area contributed by atoms with Crippen molar-refractivity contribution in [1.82, 2.24) is 0 Å². The third-order valence-electron chi connectivity index (χ3n) is 0.832. The molecule has 2 heteroatoms. The highest BCUT2D eigenvalue weighted by Gasteiger charge is 1.96. The molecule has 9 heavy (non-hydrogen) atoms. The van der Waals surface area contributed by atoms with Crippen molar-refractivity contribution < 1.29 is 0 Å². The molecule has 1 unspecified atom stereocenters. The first-order valence-corrected chi connectivity index (χ1v) is 4.61. The van der Waals surface area contributed by atoms with Crippen LogP contribution in [-0.4, -0.2) is 17.5 Å². The predicted octanol–water partition coefficient (Wildman–Crippen LogP) is 1.72. The fourth-order valence-electron chi connectivity index (χ4n) is 0.490. The van der Waals surface area contributed by atoms with E-state index in [0.717, 1.165) is 11.7 Å². The number of thioether (sulfide) groups is 1. The lowest BCUT2D eigenvalue weighted by Crippen LogP contribution is -2.18. The molecule has 0 aromatic carbocycles. The third-order valence-corrected chi connectivity index (χ3v) is 2.50. The van der Waals surface area contributed by atoms with Gasteiger partial charge in [0.2, 0.25) is 0 Å². The first-order valence-electron chi connectivity index (χ1n) is 3.46. The monoisotopic (exact) mass is 147 g/mol. The minimum atomic E-state index is 0.355. The van der Waals surface area contributed by atoms with E-state index in [4.69, 9.17) is 5.73 Å². The fraction of sp³-hybridized carbons (Fsp3) is 1.00. The van der Waals surface area contributed by atoms with Crippen molar-refractivity contribution in [3.63, 3.8) is 0 Å². The van der Waals surface area contributed by atoms with Gasteiger partial charge in [-0.2, -0.15) is 11.8 Å². The maximum Gasteiger partial charge on any atom is 0.0101 e. The van der Waals surface area contributed by atoms with Crippen molar-refractivity contribution in [2.45, 2.75) is 26.8 Å². The van der Waals surface area contributed by atoms with E-state index < -0.39 is 0 Å². The van der Waals surface area contributed by atoms with Crippen LogP contribution in [0, 0.1) is 5.92 Å². The van der Waals surface area contributed by atoms with Crippen molar-refractivity contribution in [3.8, 4) is 0 Å². The summed E-state index contributed by atoms with van der Waals surface area (Å²) in [4.78, 5) is 0. The molecule has 0 aromatic rings. The first kappa shape index (κ1) is 9.31. The standard InChI is InChI=1S/C7H17NS/c1-6(2)4-9-5-7(3)8/h6-7H,4-5,8H2,1-3H3. The molecule has 0 saturated heterocycles. The maximum atomic E-state index is 5.56. The van der Waals surface area contributed by atoms with Crippen LogP contribution >= 0.6 is 11.8 Å². The van der Waals surface area contributed by atoms with Crippen LogP contribution < -0.4 is 5.73 Å². The molecule has 0 aliphatic carbocycles. The Morgan fingerprint density at radius 2 is 1.78 bits per heavy atom. The fourth-order valence-corrected chi connectivity index (χ4v) is 1.47. The van der Waals surface area contributed by atoms with Crippen molar-refractivity contribution in [1.29, 1.82) is 0 Å². The topological polar surface area (TPSA) is 26.0 Å². The second-order valence-electron chi connectivity index (χ2n) is 2.91. The lowest BCUT2D eigenvalue weighted by atomic mass is 10.3. The van der Waals surface area contributed by atoms with E-state index in [1.807, 2.05) is 18.7 Å². The summed E-state index contributed by atoms with van der Waals surface area (Å²) in [6.07, 6.45) is 0. The minimum Gasteiger partial charge on any atom is -0.327 e. The van der Waals surface area contributed by atoms with Crippen LogP contribution in [0.3, 0.4) is 0 Å². The molecule has 0 radical (unpaired) electrons. The second-order valence-corrected chi connectivity index (χ2v) is 3.98. The summed E-state index contributed by atoms with van der Waals surface area (Å²) in [5, 5.41) is 0. The van der Waals surface area contributed by atoms with Crippen LogP contribution in [0.4, 0.5) is 0 Å². The van der Waals surface area contributed by atoms with Crippen LogP contribution in [0.15, 0.2) is 0 Å². The van der Waals surface area contributed by atoms with Gasteiger partial charge in [0.15, 0.2) is 0 Å². The Labute approximate surface area is 62.4 Å². The lowest BCUT2D eigenvalue weighted by molar-refractivity contribution is 0.747. The molecule has 0 aliphatic heterocycles. The zero-order valence-corrected chi connectivity index (χ0v) is 7.37. The lowest BCUT2D eigenvalue weighted by Gasteiger charge is -2.05. The van der Waals surface area contributed by atoms with E-state index in [-0.39, 0.29) is 0 Å². The zero-order chi connectivity index (χ0) is 7.28. The quantitative estimate of drug-likeness (QED) is 0.655. The maximum absolute atomic E-state index is 5.56. The Hall–Kier alpha value is 0.310. The van der Waals surface area contributed by atoms with Crippen LogP contribution in [-0.2, 0) is 0 Å². The summed E-state index contributed by atoms with van der Waals surface area (Å²) in [7, 11) is 0. The smallest absolute Gasteiger partial charge is 0.0101 e. The highest BCUT2D eigenvalue weighted by molar-refractivity contribution is 7.99. The van der Waals surface area contributed by atoms with Gasteiger partial charge in [-0.05, 0) is 18.6 Å². The van der Waals surface area contributed by atoms with Gasteiger partial charge in [0.05, 0.1) is 0 Å². The highest BCUT2D eigenvalue weighted by Crippen LogP contribution is 2.07. The third kappa shape index (κ3) is 8.31. The average Bonchev–Trinajstić information content (AvgIpc) is 1.63. The number of nitrogens with two attached hydrogens (primary N) is 1. The molecule has 0 amide bonds. The second kappa shape index (κ2) is 5.12. The van der Waals surface area contributed by atoms with Crippen LogP contribution in [0.2, 0.25) is 0 Å². The normalized spacial score (nSPS) is 14.3. The summed E-state index contributed by atoms with van der Waals surface area (Å²) in [6.45, 7) is 6.51. The van der Waals surface area contributed by atoms with Crippen LogP contribution in [0.1, 0.15) is 20.8 Å². The van der Waals surface area contributed by atoms with Gasteiger partial charge in [0.25, 0.3) is 0 Å². The van der Waals surface area contributed by atoms with E-state index >= 15 is 0 Å². The molecule has 2 N–H and O–H groups in total. The molecule has 0 heterocycles. The number of hydrogen-bond acceptors (Lipinski definition) is 2. The van der Waals surface area contributed by atoms with Crippen LogP contribution in [0.25, 0.3) is 0 Å².